The van der Waals surface area contributed by atoms with Crippen LogP contribution in [0.4, 0.5) is 0 Å². The second kappa shape index (κ2) is 5.01. The van der Waals surface area contributed by atoms with Gasteiger partial charge in [-0.3, -0.25) is 0 Å². The van der Waals surface area contributed by atoms with E-state index >= 15 is 0 Å². The highest BCUT2D eigenvalue weighted by molar-refractivity contribution is 5.82. The normalized spacial score (nSPS) is 23.9. The molecule has 1 fully saturated rings. The molecule has 2 aromatic rings. The molecule has 0 radical (unpaired) electrons. The fourth-order valence-electron chi connectivity index (χ4n) is 3.48. The monoisotopic (exact) mass is 256 g/mol. The molecule has 0 unspecified atom stereocenters. The standard InChI is InChI=1S/C17H24N2/c1-12-10-15-11-14(6-9-17(15)19(12)3)13-4-7-16(18-2)8-5-13/h6,9-11,13,16,18H,4-5,7-8H2,1-3H3. The Kier molecular flexibility index (Phi) is 3.36. The van der Waals surface area contributed by atoms with E-state index in [0.29, 0.717) is 0 Å². The first-order valence-electron chi connectivity index (χ1n) is 7.42. The summed E-state index contributed by atoms with van der Waals surface area (Å²) in [7, 11) is 4.24. The van der Waals surface area contributed by atoms with Crippen molar-refractivity contribution in [2.75, 3.05) is 7.05 Å². The molecule has 1 heterocycles. The lowest BCUT2D eigenvalue weighted by molar-refractivity contribution is 0.359. The first-order valence-corrected chi connectivity index (χ1v) is 7.42. The lowest BCUT2D eigenvalue weighted by atomic mass is 9.81. The van der Waals surface area contributed by atoms with Crippen LogP contribution in [0.1, 0.15) is 42.9 Å². The predicted octanol–water partition coefficient (Wildman–Crippen LogP) is 3.73. The summed E-state index contributed by atoms with van der Waals surface area (Å²) in [6.07, 6.45) is 5.27. The average molecular weight is 256 g/mol. The number of hydrogen-bond donors (Lipinski definition) is 1. The van der Waals surface area contributed by atoms with E-state index in [2.05, 4.69) is 55.2 Å². The summed E-state index contributed by atoms with van der Waals surface area (Å²) < 4.78 is 2.27. The van der Waals surface area contributed by atoms with Crippen LogP contribution in [-0.2, 0) is 7.05 Å². The van der Waals surface area contributed by atoms with Gasteiger partial charge in [0.15, 0.2) is 0 Å². The zero-order valence-electron chi connectivity index (χ0n) is 12.2. The highest BCUT2D eigenvalue weighted by Gasteiger charge is 2.21. The molecule has 0 spiro atoms. The van der Waals surface area contributed by atoms with Crippen molar-refractivity contribution in [1.82, 2.24) is 9.88 Å². The molecule has 1 aliphatic rings. The summed E-state index contributed by atoms with van der Waals surface area (Å²) in [5, 5.41) is 4.81. The van der Waals surface area contributed by atoms with Gasteiger partial charge in [0.1, 0.15) is 0 Å². The number of nitrogens with one attached hydrogen (secondary N) is 1. The summed E-state index contributed by atoms with van der Waals surface area (Å²) in [6.45, 7) is 2.18. The first kappa shape index (κ1) is 12.7. The van der Waals surface area contributed by atoms with E-state index in [1.807, 2.05) is 0 Å². The Hall–Kier alpha value is -1.28. The molecule has 2 heteroatoms. The Morgan fingerprint density at radius 1 is 1.11 bits per heavy atom. The van der Waals surface area contributed by atoms with Crippen molar-refractivity contribution in [3.63, 3.8) is 0 Å². The van der Waals surface area contributed by atoms with Crippen LogP contribution < -0.4 is 5.32 Å². The third-order valence-electron chi connectivity index (χ3n) is 4.91. The van der Waals surface area contributed by atoms with E-state index in [4.69, 9.17) is 0 Å². The van der Waals surface area contributed by atoms with Crippen LogP contribution in [-0.4, -0.2) is 17.7 Å². The van der Waals surface area contributed by atoms with E-state index in [1.165, 1.54) is 47.8 Å². The van der Waals surface area contributed by atoms with Gasteiger partial charge in [0.25, 0.3) is 0 Å². The zero-order chi connectivity index (χ0) is 13.4. The van der Waals surface area contributed by atoms with Crippen molar-refractivity contribution in [2.24, 2.45) is 7.05 Å². The number of benzene rings is 1. The second-order valence-electron chi connectivity index (χ2n) is 6.00. The van der Waals surface area contributed by atoms with Gasteiger partial charge in [0, 0.05) is 29.7 Å². The van der Waals surface area contributed by atoms with Gasteiger partial charge >= 0.3 is 0 Å². The summed E-state index contributed by atoms with van der Waals surface area (Å²) in [5.41, 5.74) is 4.23. The zero-order valence-corrected chi connectivity index (χ0v) is 12.2. The van der Waals surface area contributed by atoms with E-state index < -0.39 is 0 Å². The lowest BCUT2D eigenvalue weighted by Gasteiger charge is -2.28. The Labute approximate surface area is 115 Å². The van der Waals surface area contributed by atoms with Gasteiger partial charge in [-0.2, -0.15) is 0 Å². The van der Waals surface area contributed by atoms with Crippen LogP contribution in [0.25, 0.3) is 10.9 Å². The van der Waals surface area contributed by atoms with Crippen LogP contribution in [0.5, 0.6) is 0 Å². The molecule has 19 heavy (non-hydrogen) atoms. The minimum Gasteiger partial charge on any atom is -0.348 e. The topological polar surface area (TPSA) is 17.0 Å². The molecule has 1 aromatic carbocycles. The molecule has 1 saturated carbocycles. The third-order valence-corrected chi connectivity index (χ3v) is 4.91. The van der Waals surface area contributed by atoms with Gasteiger partial charge < -0.3 is 9.88 Å². The molecule has 1 aromatic heterocycles. The Morgan fingerprint density at radius 2 is 1.84 bits per heavy atom. The molecule has 2 nitrogen and oxygen atoms in total. The summed E-state index contributed by atoms with van der Waals surface area (Å²) in [5.74, 6) is 0.759. The van der Waals surface area contributed by atoms with Crippen LogP contribution in [0.2, 0.25) is 0 Å². The Bertz CT molecular complexity index is 574. The fraction of sp³-hybridized carbons (Fsp3) is 0.529. The number of aryl methyl sites for hydroxylation is 2. The molecule has 0 bridgehead atoms. The molecule has 1 aliphatic carbocycles. The fourth-order valence-corrected chi connectivity index (χ4v) is 3.48. The van der Waals surface area contributed by atoms with Crippen LogP contribution in [0.3, 0.4) is 0 Å². The van der Waals surface area contributed by atoms with Crippen LogP contribution >= 0.6 is 0 Å². The molecule has 3 rings (SSSR count). The SMILES string of the molecule is CNC1CCC(c2ccc3c(c2)cc(C)n3C)CC1. The Morgan fingerprint density at radius 3 is 2.53 bits per heavy atom. The average Bonchev–Trinajstić information content (AvgIpc) is 2.74. The molecule has 1 N–H and O–H groups in total. The predicted molar refractivity (Wildman–Crippen MR) is 81.7 cm³/mol. The number of fused-ring (bicyclic) bond motifs is 1. The molecule has 102 valence electrons. The molecule has 0 atom stereocenters. The summed E-state index contributed by atoms with van der Waals surface area (Å²) >= 11 is 0. The maximum absolute atomic E-state index is 3.41. The molecule has 0 aliphatic heterocycles. The molecular formula is C17H24N2. The summed E-state index contributed by atoms with van der Waals surface area (Å²) in [4.78, 5) is 0. The van der Waals surface area contributed by atoms with Gasteiger partial charge in [-0.05, 0) is 69.3 Å². The smallest absolute Gasteiger partial charge is 0.0479 e. The number of nitrogens with zero attached hydrogens (tertiary/aromatic N) is 1. The van der Waals surface area contributed by atoms with E-state index in [-0.39, 0.29) is 0 Å². The number of aromatic nitrogens is 1. The van der Waals surface area contributed by atoms with Crippen molar-refractivity contribution >= 4 is 10.9 Å². The molecule has 0 saturated heterocycles. The second-order valence-corrected chi connectivity index (χ2v) is 6.00. The largest absolute Gasteiger partial charge is 0.348 e. The number of rotatable bonds is 2. The van der Waals surface area contributed by atoms with Crippen molar-refractivity contribution in [2.45, 2.75) is 44.6 Å². The third kappa shape index (κ3) is 2.30. The highest BCUT2D eigenvalue weighted by Crippen LogP contribution is 2.34. The van der Waals surface area contributed by atoms with Crippen molar-refractivity contribution in [1.29, 1.82) is 0 Å². The van der Waals surface area contributed by atoms with Crippen molar-refractivity contribution in [3.8, 4) is 0 Å². The van der Waals surface area contributed by atoms with E-state index in [1.54, 1.807) is 0 Å². The molecule has 0 amide bonds. The maximum Gasteiger partial charge on any atom is 0.0479 e. The quantitative estimate of drug-likeness (QED) is 0.866. The van der Waals surface area contributed by atoms with Crippen LogP contribution in [0, 0.1) is 6.92 Å². The van der Waals surface area contributed by atoms with Gasteiger partial charge in [0.05, 0.1) is 0 Å². The van der Waals surface area contributed by atoms with E-state index in [9.17, 15) is 0 Å². The van der Waals surface area contributed by atoms with Gasteiger partial charge in [-0.25, -0.2) is 0 Å². The van der Waals surface area contributed by atoms with E-state index in [0.717, 1.165) is 12.0 Å². The maximum atomic E-state index is 3.41. The van der Waals surface area contributed by atoms with Crippen molar-refractivity contribution in [3.05, 3.63) is 35.5 Å². The summed E-state index contributed by atoms with van der Waals surface area (Å²) in [6, 6.07) is 10.1. The van der Waals surface area contributed by atoms with Gasteiger partial charge in [0.2, 0.25) is 0 Å². The lowest BCUT2D eigenvalue weighted by Crippen LogP contribution is -2.29. The first-order chi connectivity index (χ1) is 9.19. The van der Waals surface area contributed by atoms with Crippen molar-refractivity contribution < 1.29 is 0 Å². The number of hydrogen-bond acceptors (Lipinski definition) is 1. The highest BCUT2D eigenvalue weighted by atomic mass is 14.9. The van der Waals surface area contributed by atoms with Crippen LogP contribution in [0.15, 0.2) is 24.3 Å². The minimum absolute atomic E-state index is 0.735. The van der Waals surface area contributed by atoms with Gasteiger partial charge in [-0.15, -0.1) is 0 Å². The Balaban J connectivity index is 1.86. The van der Waals surface area contributed by atoms with Gasteiger partial charge in [-0.1, -0.05) is 6.07 Å². The molecular weight excluding hydrogens is 232 g/mol. The minimum atomic E-state index is 0.735.